The van der Waals surface area contributed by atoms with Crippen LogP contribution < -0.4 is 15.4 Å². The van der Waals surface area contributed by atoms with Gasteiger partial charge in [0.15, 0.2) is 0 Å². The minimum atomic E-state index is -1.15. The maximum atomic E-state index is 13.3. The average Bonchev–Trinajstić information content (AvgIpc) is 3.89. The predicted octanol–water partition coefficient (Wildman–Crippen LogP) is 13.1. The van der Waals surface area contributed by atoms with Gasteiger partial charge < -0.3 is 29.9 Å². The van der Waals surface area contributed by atoms with E-state index in [0.717, 1.165) is 49.1 Å². The van der Waals surface area contributed by atoms with Crippen LogP contribution in [0.2, 0.25) is 15.1 Å². The van der Waals surface area contributed by atoms with E-state index < -0.39 is 5.60 Å². The fourth-order valence-electron chi connectivity index (χ4n) is 8.98. The first-order chi connectivity index (χ1) is 32.4. The highest BCUT2D eigenvalue weighted by atomic mass is 35.5. The largest absolute Gasteiger partial charge is 0.489 e. The fourth-order valence-corrected chi connectivity index (χ4v) is 9.91. The number of nitrogens with one attached hydrogen (secondary N) is 2. The van der Waals surface area contributed by atoms with Gasteiger partial charge in [0.2, 0.25) is 5.91 Å². The van der Waals surface area contributed by atoms with Gasteiger partial charge in [0.05, 0.1) is 26.2 Å². The van der Waals surface area contributed by atoms with Crippen molar-refractivity contribution in [2.45, 2.75) is 166 Å². The van der Waals surface area contributed by atoms with Crippen LogP contribution >= 0.6 is 34.8 Å². The highest BCUT2D eigenvalue weighted by molar-refractivity contribution is 6.39. The number of hydrogen-bond acceptors (Lipinski definition) is 8. The molecule has 6 rings (SSSR count). The number of amides is 2. The summed E-state index contributed by atoms with van der Waals surface area (Å²) >= 11 is 19.9. The third-order valence-electron chi connectivity index (χ3n) is 13.1. The number of hydrogen-bond donors (Lipinski definition) is 3. The summed E-state index contributed by atoms with van der Waals surface area (Å²) in [6.45, 7) is 8.84. The van der Waals surface area contributed by atoms with Gasteiger partial charge in [-0.15, -0.1) is 0 Å². The number of aromatic nitrogens is 3. The van der Waals surface area contributed by atoms with Gasteiger partial charge in [-0.3, -0.25) is 14.3 Å². The summed E-state index contributed by atoms with van der Waals surface area (Å²) < 4.78 is 13.9. The molecule has 2 aliphatic carbocycles. The molecule has 2 fully saturated rings. The van der Waals surface area contributed by atoms with Crippen LogP contribution in [0.4, 0.5) is 0 Å². The quantitative estimate of drug-likeness (QED) is 0.0347. The van der Waals surface area contributed by atoms with E-state index >= 15 is 0 Å². The van der Waals surface area contributed by atoms with Gasteiger partial charge in [-0.25, -0.2) is 0 Å². The van der Waals surface area contributed by atoms with Crippen LogP contribution in [0.25, 0.3) is 11.3 Å². The molecule has 0 bridgehead atoms. The first kappa shape index (κ1) is 52.5. The molecule has 2 heterocycles. The number of benzene rings is 2. The zero-order chi connectivity index (χ0) is 47.8. The maximum absolute atomic E-state index is 13.3. The van der Waals surface area contributed by atoms with Gasteiger partial charge in [-0.1, -0.05) is 123 Å². The van der Waals surface area contributed by atoms with E-state index in [1.165, 1.54) is 64.2 Å². The van der Waals surface area contributed by atoms with E-state index in [-0.39, 0.29) is 36.3 Å². The molecule has 2 aromatic heterocycles. The Bertz CT molecular complexity index is 2210. The third kappa shape index (κ3) is 15.3. The first-order valence-electron chi connectivity index (χ1n) is 24.9. The van der Waals surface area contributed by atoms with Gasteiger partial charge >= 0.3 is 0 Å². The molecule has 2 amide bonds. The molecule has 11 nitrogen and oxygen atoms in total. The van der Waals surface area contributed by atoms with E-state index in [2.05, 4.69) is 44.9 Å². The second-order valence-electron chi connectivity index (χ2n) is 19.0. The monoisotopic (exact) mass is 978 g/mol. The molecule has 0 unspecified atom stereocenters. The van der Waals surface area contributed by atoms with Crippen LogP contribution in [-0.4, -0.2) is 70.0 Å². The van der Waals surface area contributed by atoms with Gasteiger partial charge in [0.25, 0.3) is 5.91 Å². The smallest absolute Gasteiger partial charge is 0.271 e. The summed E-state index contributed by atoms with van der Waals surface area (Å²) in [5.74, 6) is 1.45. The predicted molar refractivity (Wildman–Crippen MR) is 270 cm³/mol. The summed E-state index contributed by atoms with van der Waals surface area (Å²) in [5.41, 5.74) is 2.71. The molecular weight excluding hydrogens is 907 g/mol. The summed E-state index contributed by atoms with van der Waals surface area (Å²) in [4.78, 5) is 27.8. The van der Waals surface area contributed by atoms with Crippen molar-refractivity contribution in [3.05, 3.63) is 98.0 Å². The molecule has 0 aliphatic heterocycles. The van der Waals surface area contributed by atoms with Crippen molar-refractivity contribution in [3.8, 4) is 17.0 Å². The summed E-state index contributed by atoms with van der Waals surface area (Å²) in [6, 6.07) is 12.6. The Morgan fingerprint density at radius 2 is 1.52 bits per heavy atom. The number of unbranched alkanes of at least 4 members (excludes halogenated alkanes) is 11. The number of carbonyl (C=O) groups excluding carboxylic acids is 2. The molecule has 2 aromatic carbocycles. The van der Waals surface area contributed by atoms with Crippen molar-refractivity contribution in [1.29, 1.82) is 0 Å². The van der Waals surface area contributed by atoms with Crippen LogP contribution in [0.3, 0.4) is 0 Å². The Labute approximate surface area is 413 Å². The van der Waals surface area contributed by atoms with E-state index in [1.807, 2.05) is 43.8 Å². The summed E-state index contributed by atoms with van der Waals surface area (Å²) in [7, 11) is 1.98. The first-order valence-corrected chi connectivity index (χ1v) is 26.1. The highest BCUT2D eigenvalue weighted by Crippen LogP contribution is 2.53. The fraction of sp³-hybridized carbons (Fsp3) is 0.585. The number of likely N-dealkylation sites (N-methyl/N-ethyl adjacent to an activating group) is 1. The number of aliphatic hydroxyl groups is 1. The standard InChI is InChI=1S/C53H73Cl3N6O5/c1-5-6-7-8-9-10-11-12-13-14-15-16-17-18-19-23-48(63)57-28-30-61(4)31-29-58-52(64)46-33-47(62(59-46)37(2)3)39-34-53(65,35-39)42-27-26-40(32-45(42)56)66-36-41-50(60-67-51(41)38-24-25-38)49-43(54)21-20-22-44(49)55/h12-13,20-22,26-27,32-33,37-39,65H,5-11,14-19,23-25,28-31,34-36H2,1-4H3,(H,57,63)(H,58,64)/b13-12-. The topological polar surface area (TPSA) is 135 Å². The van der Waals surface area contributed by atoms with Crippen LogP contribution in [-0.2, 0) is 17.0 Å². The van der Waals surface area contributed by atoms with Gasteiger partial charge in [-0.05, 0) is 109 Å². The van der Waals surface area contributed by atoms with Crippen LogP contribution in [0.15, 0.2) is 59.1 Å². The minimum Gasteiger partial charge on any atom is -0.489 e. The SMILES string of the molecule is CCCCCCCC/C=C\CCCCCCCC(=O)NCCN(C)CCNC(=O)c1cc(C2CC(O)(c3ccc(OCc4c(-c5c(Cl)cccc5Cl)noc4C4CC4)cc3Cl)C2)n(C(C)C)n1. The number of halogens is 3. The van der Waals surface area contributed by atoms with Crippen LogP contribution in [0, 0.1) is 0 Å². The summed E-state index contributed by atoms with van der Waals surface area (Å²) in [5, 5.41) is 28.3. The van der Waals surface area contributed by atoms with Gasteiger partial charge in [-0.2, -0.15) is 5.10 Å². The normalized spacial score (nSPS) is 17.1. The second-order valence-corrected chi connectivity index (χ2v) is 20.3. The molecule has 4 aromatic rings. The highest BCUT2D eigenvalue weighted by Gasteiger charge is 2.47. The molecule has 366 valence electrons. The molecule has 2 saturated carbocycles. The Hall–Kier alpha value is -3.87. The van der Waals surface area contributed by atoms with E-state index in [1.54, 1.807) is 24.3 Å². The Kier molecular flexibility index (Phi) is 20.5. The number of nitrogens with zero attached hydrogens (tertiary/aromatic N) is 4. The lowest BCUT2D eigenvalue weighted by atomic mass is 9.66. The van der Waals surface area contributed by atoms with Crippen LogP contribution in [0.5, 0.6) is 5.75 Å². The van der Waals surface area contributed by atoms with Crippen LogP contribution in [0.1, 0.15) is 187 Å². The number of rotatable bonds is 30. The molecular formula is C53H73Cl3N6O5. The molecule has 14 heteroatoms. The Morgan fingerprint density at radius 3 is 2.16 bits per heavy atom. The number of allylic oxidation sites excluding steroid dienone is 2. The maximum Gasteiger partial charge on any atom is 0.271 e. The van der Waals surface area contributed by atoms with E-state index in [0.29, 0.717) is 88.8 Å². The average molecular weight is 981 g/mol. The Balaban J connectivity index is 0.879. The third-order valence-corrected chi connectivity index (χ3v) is 14.1. The minimum absolute atomic E-state index is 0.0174. The molecule has 0 radical (unpaired) electrons. The zero-order valence-corrected chi connectivity index (χ0v) is 42.5. The van der Waals surface area contributed by atoms with Crippen molar-refractivity contribution < 1.29 is 24.0 Å². The summed E-state index contributed by atoms with van der Waals surface area (Å²) in [6.07, 6.45) is 24.3. The second kappa shape index (κ2) is 26.2. The van der Waals surface area contributed by atoms with Crippen molar-refractivity contribution in [2.24, 2.45) is 0 Å². The van der Waals surface area contributed by atoms with Crippen molar-refractivity contribution >= 4 is 46.6 Å². The number of ether oxygens (including phenoxy) is 1. The molecule has 67 heavy (non-hydrogen) atoms. The van der Waals surface area contributed by atoms with Gasteiger partial charge in [0.1, 0.15) is 29.5 Å². The van der Waals surface area contributed by atoms with Crippen molar-refractivity contribution in [2.75, 3.05) is 33.2 Å². The zero-order valence-electron chi connectivity index (χ0n) is 40.2. The molecule has 2 aliphatic rings. The lowest BCUT2D eigenvalue weighted by Gasteiger charge is -2.44. The molecule has 3 N–H and O–H groups in total. The molecule has 0 spiro atoms. The van der Waals surface area contributed by atoms with E-state index in [9.17, 15) is 14.7 Å². The lowest BCUT2D eigenvalue weighted by molar-refractivity contribution is -0.121. The van der Waals surface area contributed by atoms with Crippen molar-refractivity contribution in [1.82, 2.24) is 30.5 Å². The lowest BCUT2D eigenvalue weighted by Crippen LogP contribution is -2.41. The molecule has 0 atom stereocenters. The number of carbonyl (C=O) groups is 2. The van der Waals surface area contributed by atoms with Gasteiger partial charge in [0, 0.05) is 67.3 Å². The van der Waals surface area contributed by atoms with E-state index in [4.69, 9.17) is 44.1 Å². The Morgan fingerprint density at radius 1 is 0.881 bits per heavy atom. The molecule has 0 saturated heterocycles. The van der Waals surface area contributed by atoms with Crippen molar-refractivity contribution in [3.63, 3.8) is 0 Å².